The lowest BCUT2D eigenvalue weighted by atomic mass is 10.1. The normalized spacial score (nSPS) is 12.1. The second-order valence-corrected chi connectivity index (χ2v) is 4.35. The number of aryl methyl sites for hydroxylation is 1. The number of aromatic nitrogens is 2. The molecule has 88 valence electrons. The van der Waals surface area contributed by atoms with Gasteiger partial charge in [-0.25, -0.2) is 0 Å². The average Bonchev–Trinajstić information content (AvgIpc) is 2.39. The highest BCUT2D eigenvalue weighted by Gasteiger charge is 2.06. The highest BCUT2D eigenvalue weighted by molar-refractivity contribution is 6.21. The third-order valence-corrected chi connectivity index (χ3v) is 2.83. The van der Waals surface area contributed by atoms with E-state index in [0.717, 1.165) is 17.1 Å². The fraction of sp³-hybridized carbons (Fsp3) is 0.231. The van der Waals surface area contributed by atoms with E-state index < -0.39 is 0 Å². The minimum Gasteiger partial charge on any atom is -0.367 e. The van der Waals surface area contributed by atoms with Gasteiger partial charge in [0.15, 0.2) is 0 Å². The van der Waals surface area contributed by atoms with Crippen molar-refractivity contribution in [3.8, 4) is 0 Å². The van der Waals surface area contributed by atoms with Crippen LogP contribution in [0.4, 0.5) is 5.82 Å². The van der Waals surface area contributed by atoms with Gasteiger partial charge >= 0.3 is 0 Å². The van der Waals surface area contributed by atoms with Gasteiger partial charge in [-0.3, -0.25) is 0 Å². The molecule has 2 rings (SSSR count). The molecule has 0 amide bonds. The highest BCUT2D eigenvalue weighted by atomic mass is 35.5. The van der Waals surface area contributed by atoms with Gasteiger partial charge < -0.3 is 5.32 Å². The maximum absolute atomic E-state index is 6.28. The summed E-state index contributed by atoms with van der Waals surface area (Å²) < 4.78 is 0. The van der Waals surface area contributed by atoms with Crippen LogP contribution >= 0.6 is 11.6 Å². The molecule has 1 N–H and O–H groups in total. The Morgan fingerprint density at radius 1 is 1.12 bits per heavy atom. The molecule has 4 heteroatoms. The lowest BCUT2D eigenvalue weighted by molar-refractivity contribution is 0.928. The summed E-state index contributed by atoms with van der Waals surface area (Å²) in [7, 11) is 0. The van der Waals surface area contributed by atoms with Crippen LogP contribution in [-0.4, -0.2) is 16.7 Å². The van der Waals surface area contributed by atoms with E-state index in [1.54, 1.807) is 0 Å². The molecule has 17 heavy (non-hydrogen) atoms. The summed E-state index contributed by atoms with van der Waals surface area (Å²) in [6, 6.07) is 13.8. The first-order valence-corrected chi connectivity index (χ1v) is 5.92. The van der Waals surface area contributed by atoms with Gasteiger partial charge in [0.25, 0.3) is 0 Å². The standard InChI is InChI=1S/C13H14ClN3/c1-10-7-8-13(17-16-10)15-9-12(14)11-5-3-2-4-6-11/h2-8,12H,9H2,1H3,(H,15,17). The fourth-order valence-electron chi connectivity index (χ4n) is 1.47. The molecule has 1 unspecified atom stereocenters. The van der Waals surface area contributed by atoms with Crippen LogP contribution in [0.1, 0.15) is 16.6 Å². The van der Waals surface area contributed by atoms with E-state index in [1.807, 2.05) is 49.4 Å². The largest absolute Gasteiger partial charge is 0.367 e. The second kappa shape index (κ2) is 5.64. The summed E-state index contributed by atoms with van der Waals surface area (Å²) >= 11 is 6.28. The molecular formula is C13H14ClN3. The number of alkyl halides is 1. The van der Waals surface area contributed by atoms with E-state index in [9.17, 15) is 0 Å². The van der Waals surface area contributed by atoms with Crippen molar-refractivity contribution in [1.29, 1.82) is 0 Å². The minimum absolute atomic E-state index is 0.0701. The molecule has 1 atom stereocenters. The second-order valence-electron chi connectivity index (χ2n) is 3.82. The van der Waals surface area contributed by atoms with Crippen LogP contribution < -0.4 is 5.32 Å². The van der Waals surface area contributed by atoms with Crippen molar-refractivity contribution in [1.82, 2.24) is 10.2 Å². The number of benzene rings is 1. The average molecular weight is 248 g/mol. The van der Waals surface area contributed by atoms with Crippen LogP contribution in [-0.2, 0) is 0 Å². The molecule has 0 aliphatic carbocycles. The summed E-state index contributed by atoms with van der Waals surface area (Å²) in [4.78, 5) is 0. The molecule has 1 heterocycles. The van der Waals surface area contributed by atoms with Crippen molar-refractivity contribution in [2.24, 2.45) is 0 Å². The van der Waals surface area contributed by atoms with Crippen LogP contribution in [0.5, 0.6) is 0 Å². The Morgan fingerprint density at radius 2 is 1.88 bits per heavy atom. The molecule has 3 nitrogen and oxygen atoms in total. The molecule has 0 fully saturated rings. The smallest absolute Gasteiger partial charge is 0.148 e. The first kappa shape index (κ1) is 11.9. The first-order chi connectivity index (χ1) is 8.25. The van der Waals surface area contributed by atoms with Gasteiger partial charge in [-0.1, -0.05) is 30.3 Å². The predicted molar refractivity (Wildman–Crippen MR) is 70.3 cm³/mol. The molecule has 0 aliphatic rings. The molecule has 1 aromatic heterocycles. The molecule has 0 aliphatic heterocycles. The SMILES string of the molecule is Cc1ccc(NCC(Cl)c2ccccc2)nn1. The van der Waals surface area contributed by atoms with Gasteiger partial charge in [0.1, 0.15) is 5.82 Å². The maximum atomic E-state index is 6.28. The topological polar surface area (TPSA) is 37.8 Å². The molecule has 0 spiro atoms. The van der Waals surface area contributed by atoms with E-state index in [-0.39, 0.29) is 5.38 Å². The molecule has 0 radical (unpaired) electrons. The number of nitrogens with one attached hydrogen (secondary N) is 1. The van der Waals surface area contributed by atoms with Crippen molar-refractivity contribution < 1.29 is 0 Å². The number of halogens is 1. The van der Waals surface area contributed by atoms with Crippen LogP contribution in [0.25, 0.3) is 0 Å². The molecule has 2 aromatic rings. The Morgan fingerprint density at radius 3 is 2.53 bits per heavy atom. The third-order valence-electron chi connectivity index (χ3n) is 2.42. The number of rotatable bonds is 4. The summed E-state index contributed by atoms with van der Waals surface area (Å²) in [5.74, 6) is 0.747. The lowest BCUT2D eigenvalue weighted by Crippen LogP contribution is -2.09. The van der Waals surface area contributed by atoms with E-state index in [2.05, 4.69) is 15.5 Å². The molecule has 0 saturated heterocycles. The van der Waals surface area contributed by atoms with E-state index in [1.165, 1.54) is 0 Å². The number of hydrogen-bond acceptors (Lipinski definition) is 3. The Balaban J connectivity index is 1.92. The summed E-state index contributed by atoms with van der Waals surface area (Å²) in [5, 5.41) is 11.1. The van der Waals surface area contributed by atoms with Crippen molar-refractivity contribution >= 4 is 17.4 Å². The molecule has 0 bridgehead atoms. The number of nitrogens with zero attached hydrogens (tertiary/aromatic N) is 2. The summed E-state index contributed by atoms with van der Waals surface area (Å²) in [5.41, 5.74) is 2.00. The van der Waals surface area contributed by atoms with Crippen LogP contribution in [0.3, 0.4) is 0 Å². The van der Waals surface area contributed by atoms with E-state index >= 15 is 0 Å². The van der Waals surface area contributed by atoms with Crippen LogP contribution in [0, 0.1) is 6.92 Å². The van der Waals surface area contributed by atoms with Gasteiger partial charge in [0, 0.05) is 6.54 Å². The van der Waals surface area contributed by atoms with Gasteiger partial charge in [0.05, 0.1) is 11.1 Å². The highest BCUT2D eigenvalue weighted by Crippen LogP contribution is 2.20. The first-order valence-electron chi connectivity index (χ1n) is 5.49. The van der Waals surface area contributed by atoms with Crippen molar-refractivity contribution in [2.45, 2.75) is 12.3 Å². The monoisotopic (exact) mass is 247 g/mol. The zero-order valence-corrected chi connectivity index (χ0v) is 10.4. The van der Waals surface area contributed by atoms with Crippen molar-refractivity contribution in [2.75, 3.05) is 11.9 Å². The maximum Gasteiger partial charge on any atom is 0.148 e. The van der Waals surface area contributed by atoms with Gasteiger partial charge in [0.2, 0.25) is 0 Å². The minimum atomic E-state index is -0.0701. The van der Waals surface area contributed by atoms with E-state index in [0.29, 0.717) is 6.54 Å². The predicted octanol–water partition coefficient (Wildman–Crippen LogP) is 3.18. The lowest BCUT2D eigenvalue weighted by Gasteiger charge is -2.11. The Bertz CT molecular complexity index is 456. The fourth-order valence-corrected chi connectivity index (χ4v) is 1.69. The quantitative estimate of drug-likeness (QED) is 0.844. The zero-order valence-electron chi connectivity index (χ0n) is 9.60. The summed E-state index contributed by atoms with van der Waals surface area (Å²) in [6.07, 6.45) is 0. The molecule has 0 saturated carbocycles. The van der Waals surface area contributed by atoms with Gasteiger partial charge in [-0.15, -0.1) is 16.7 Å². The van der Waals surface area contributed by atoms with Gasteiger partial charge in [-0.2, -0.15) is 5.10 Å². The Hall–Kier alpha value is -1.61. The number of hydrogen-bond donors (Lipinski definition) is 1. The third kappa shape index (κ3) is 3.43. The van der Waals surface area contributed by atoms with Crippen LogP contribution in [0.2, 0.25) is 0 Å². The molecular weight excluding hydrogens is 234 g/mol. The Kier molecular flexibility index (Phi) is 3.94. The molecule has 1 aromatic carbocycles. The van der Waals surface area contributed by atoms with E-state index in [4.69, 9.17) is 11.6 Å². The van der Waals surface area contributed by atoms with Crippen molar-refractivity contribution in [3.05, 3.63) is 53.7 Å². The van der Waals surface area contributed by atoms with Crippen molar-refractivity contribution in [3.63, 3.8) is 0 Å². The van der Waals surface area contributed by atoms with Crippen LogP contribution in [0.15, 0.2) is 42.5 Å². The Labute approximate surface area is 106 Å². The number of anilines is 1. The zero-order chi connectivity index (χ0) is 12.1. The summed E-state index contributed by atoms with van der Waals surface area (Å²) in [6.45, 7) is 2.54. The van der Waals surface area contributed by atoms with Gasteiger partial charge in [-0.05, 0) is 24.6 Å².